The van der Waals surface area contributed by atoms with Crippen molar-refractivity contribution in [2.75, 3.05) is 0 Å². The van der Waals surface area contributed by atoms with Gasteiger partial charge in [-0.2, -0.15) is 4.99 Å². The van der Waals surface area contributed by atoms with Crippen LogP contribution in [0.25, 0.3) is 10.2 Å². The fourth-order valence-electron chi connectivity index (χ4n) is 2.45. The van der Waals surface area contributed by atoms with E-state index in [9.17, 15) is 4.79 Å². The zero-order valence-electron chi connectivity index (χ0n) is 13.1. The normalized spacial score (nSPS) is 11.6. The van der Waals surface area contributed by atoms with E-state index < -0.39 is 0 Å². The largest absolute Gasteiger partial charge is 0.305 e. The van der Waals surface area contributed by atoms with E-state index in [-0.39, 0.29) is 5.91 Å². The molecule has 0 fully saturated rings. The molecule has 1 heterocycles. The third-order valence-corrected chi connectivity index (χ3v) is 5.08. The van der Waals surface area contributed by atoms with Crippen LogP contribution < -0.4 is 4.80 Å². The minimum atomic E-state index is -0.367. The molecule has 0 aliphatic carbocycles. The lowest BCUT2D eigenvalue weighted by Gasteiger charge is -2.01. The van der Waals surface area contributed by atoms with Gasteiger partial charge in [0.1, 0.15) is 0 Å². The van der Waals surface area contributed by atoms with Crippen LogP contribution in [0.15, 0.2) is 47.5 Å². The molecule has 0 spiro atoms. The second-order valence-electron chi connectivity index (χ2n) is 5.23. The van der Waals surface area contributed by atoms with Crippen LogP contribution in [0.2, 0.25) is 5.02 Å². The number of thiazole rings is 1. The first kappa shape index (κ1) is 16.5. The molecule has 5 heteroatoms. The first-order valence-corrected chi connectivity index (χ1v) is 8.72. The first-order valence-electron chi connectivity index (χ1n) is 7.53. The second kappa shape index (κ2) is 7.04. The van der Waals surface area contributed by atoms with E-state index in [4.69, 9.17) is 18.0 Å². The van der Waals surface area contributed by atoms with Crippen molar-refractivity contribution in [3.05, 3.63) is 63.4 Å². The standard InChI is InChI=1S/C19H15ClN2OS/c1-3-11-22-16-10-9-13(4-2)12-17(16)24-19(22)21-18(23)14-7-5-6-8-15(14)20/h1,5-10,12H,4,11H2,2H3. The summed E-state index contributed by atoms with van der Waals surface area (Å²) >= 11 is 7.55. The summed E-state index contributed by atoms with van der Waals surface area (Å²) in [7, 11) is 0. The van der Waals surface area contributed by atoms with E-state index in [1.54, 1.807) is 24.3 Å². The monoisotopic (exact) mass is 354 g/mol. The lowest BCUT2D eigenvalue weighted by Crippen LogP contribution is -2.16. The average Bonchev–Trinajstić information content (AvgIpc) is 2.92. The van der Waals surface area contributed by atoms with Crippen molar-refractivity contribution < 1.29 is 4.79 Å². The van der Waals surface area contributed by atoms with Crippen LogP contribution in [0.1, 0.15) is 22.8 Å². The van der Waals surface area contributed by atoms with Crippen molar-refractivity contribution in [1.29, 1.82) is 0 Å². The van der Waals surface area contributed by atoms with Gasteiger partial charge in [0.05, 0.1) is 27.3 Å². The minimum absolute atomic E-state index is 0.361. The molecule has 2 aromatic carbocycles. The Labute approximate surface area is 149 Å². The van der Waals surface area contributed by atoms with E-state index in [0.29, 0.717) is 21.9 Å². The topological polar surface area (TPSA) is 34.4 Å². The molecule has 0 aliphatic heterocycles. The predicted octanol–water partition coefficient (Wildman–Crippen LogP) is 4.29. The number of rotatable bonds is 3. The number of nitrogens with zero attached hydrogens (tertiary/aromatic N) is 2. The fraction of sp³-hybridized carbons (Fsp3) is 0.158. The first-order chi connectivity index (χ1) is 11.6. The van der Waals surface area contributed by atoms with Gasteiger partial charge in [0.15, 0.2) is 4.80 Å². The van der Waals surface area contributed by atoms with Gasteiger partial charge in [0.2, 0.25) is 0 Å². The molecule has 24 heavy (non-hydrogen) atoms. The van der Waals surface area contributed by atoms with Gasteiger partial charge in [-0.15, -0.1) is 6.42 Å². The number of carbonyl (C=O) groups excluding carboxylic acids is 1. The maximum Gasteiger partial charge on any atom is 0.281 e. The van der Waals surface area contributed by atoms with E-state index >= 15 is 0 Å². The molecular weight excluding hydrogens is 340 g/mol. The molecule has 0 atom stereocenters. The summed E-state index contributed by atoms with van der Waals surface area (Å²) in [6, 6.07) is 13.1. The number of hydrogen-bond acceptors (Lipinski definition) is 2. The molecule has 0 N–H and O–H groups in total. The Morgan fingerprint density at radius 1 is 1.33 bits per heavy atom. The molecule has 3 aromatic rings. The van der Waals surface area contributed by atoms with Crippen LogP contribution in [0.3, 0.4) is 0 Å². The number of amides is 1. The molecule has 0 unspecified atom stereocenters. The Morgan fingerprint density at radius 3 is 2.83 bits per heavy atom. The quantitative estimate of drug-likeness (QED) is 0.646. The maximum atomic E-state index is 12.5. The van der Waals surface area contributed by atoms with Gasteiger partial charge in [-0.3, -0.25) is 4.79 Å². The maximum absolute atomic E-state index is 12.5. The minimum Gasteiger partial charge on any atom is -0.305 e. The Hall–Kier alpha value is -2.35. The van der Waals surface area contributed by atoms with Crippen LogP contribution in [0, 0.1) is 12.3 Å². The van der Waals surface area contributed by atoms with Crippen LogP contribution in [0.5, 0.6) is 0 Å². The third-order valence-electron chi connectivity index (χ3n) is 3.71. The number of hydrogen-bond donors (Lipinski definition) is 0. The summed E-state index contributed by atoms with van der Waals surface area (Å²) in [6.45, 7) is 2.47. The van der Waals surface area contributed by atoms with Gasteiger partial charge in [-0.25, -0.2) is 0 Å². The van der Waals surface area contributed by atoms with E-state index in [0.717, 1.165) is 16.6 Å². The molecular formula is C19H15ClN2OS. The molecule has 3 nitrogen and oxygen atoms in total. The summed E-state index contributed by atoms with van der Waals surface area (Å²) in [5.74, 6) is 2.26. The predicted molar refractivity (Wildman–Crippen MR) is 99.4 cm³/mol. The smallest absolute Gasteiger partial charge is 0.281 e. The Kier molecular flexibility index (Phi) is 4.84. The molecule has 0 radical (unpaired) electrons. The van der Waals surface area contributed by atoms with Gasteiger partial charge in [-0.05, 0) is 36.2 Å². The van der Waals surface area contributed by atoms with Crippen LogP contribution in [-0.4, -0.2) is 10.5 Å². The van der Waals surface area contributed by atoms with Crippen molar-refractivity contribution in [2.45, 2.75) is 19.9 Å². The molecule has 0 bridgehead atoms. The summed E-state index contributed by atoms with van der Waals surface area (Å²) < 4.78 is 2.95. The highest BCUT2D eigenvalue weighted by Crippen LogP contribution is 2.20. The lowest BCUT2D eigenvalue weighted by atomic mass is 10.2. The number of halogens is 1. The van der Waals surface area contributed by atoms with Crippen molar-refractivity contribution in [1.82, 2.24) is 4.57 Å². The average molecular weight is 355 g/mol. The van der Waals surface area contributed by atoms with Crippen molar-refractivity contribution in [3.8, 4) is 12.3 Å². The van der Waals surface area contributed by atoms with Gasteiger partial charge < -0.3 is 4.57 Å². The Morgan fingerprint density at radius 2 is 2.12 bits per heavy atom. The highest BCUT2D eigenvalue weighted by molar-refractivity contribution is 7.16. The number of terminal acetylenes is 1. The number of aryl methyl sites for hydroxylation is 1. The Balaban J connectivity index is 2.17. The number of fused-ring (bicyclic) bond motifs is 1. The molecule has 1 amide bonds. The molecule has 0 saturated heterocycles. The molecule has 1 aromatic heterocycles. The van der Waals surface area contributed by atoms with Crippen molar-refractivity contribution in [3.63, 3.8) is 0 Å². The highest BCUT2D eigenvalue weighted by atomic mass is 35.5. The zero-order valence-corrected chi connectivity index (χ0v) is 14.7. The highest BCUT2D eigenvalue weighted by Gasteiger charge is 2.11. The van der Waals surface area contributed by atoms with E-state index in [1.165, 1.54) is 16.9 Å². The number of benzene rings is 2. The van der Waals surface area contributed by atoms with E-state index in [1.807, 2.05) is 10.6 Å². The van der Waals surface area contributed by atoms with Gasteiger partial charge in [-0.1, -0.05) is 54.0 Å². The number of aromatic nitrogens is 1. The van der Waals surface area contributed by atoms with E-state index in [2.05, 4.69) is 30.0 Å². The van der Waals surface area contributed by atoms with Gasteiger partial charge >= 0.3 is 0 Å². The van der Waals surface area contributed by atoms with Crippen LogP contribution in [0.4, 0.5) is 0 Å². The van der Waals surface area contributed by atoms with Gasteiger partial charge in [0.25, 0.3) is 5.91 Å². The van der Waals surface area contributed by atoms with Crippen molar-refractivity contribution >= 4 is 39.1 Å². The molecule has 120 valence electrons. The van der Waals surface area contributed by atoms with Crippen LogP contribution >= 0.6 is 22.9 Å². The summed E-state index contributed by atoms with van der Waals surface area (Å²) in [5, 5.41) is 0.393. The summed E-state index contributed by atoms with van der Waals surface area (Å²) in [4.78, 5) is 17.3. The Bertz CT molecular complexity index is 1020. The lowest BCUT2D eigenvalue weighted by molar-refractivity contribution is 0.0998. The third kappa shape index (κ3) is 3.14. The van der Waals surface area contributed by atoms with Gasteiger partial charge in [0, 0.05) is 0 Å². The zero-order chi connectivity index (χ0) is 17.1. The van der Waals surface area contributed by atoms with Crippen LogP contribution in [-0.2, 0) is 13.0 Å². The second-order valence-corrected chi connectivity index (χ2v) is 6.64. The molecule has 0 saturated carbocycles. The summed E-state index contributed by atoms with van der Waals surface area (Å²) in [6.07, 6.45) is 6.44. The SMILES string of the molecule is C#CCn1c(=NC(=O)c2ccccc2Cl)sc2cc(CC)ccc21. The fourth-order valence-corrected chi connectivity index (χ4v) is 3.76. The number of carbonyl (C=O) groups is 1. The molecule has 0 aliphatic rings. The van der Waals surface area contributed by atoms with Crippen molar-refractivity contribution in [2.24, 2.45) is 4.99 Å². The molecule has 3 rings (SSSR count). The summed E-state index contributed by atoms with van der Waals surface area (Å²) in [5.41, 5.74) is 2.61.